The first-order valence-electron chi connectivity index (χ1n) is 8.36. The van der Waals surface area contributed by atoms with Crippen molar-refractivity contribution in [1.29, 1.82) is 0 Å². The zero-order valence-corrected chi connectivity index (χ0v) is 17.3. The van der Waals surface area contributed by atoms with Crippen LogP contribution in [0.15, 0.2) is 23.2 Å². The molecule has 1 heterocycles. The van der Waals surface area contributed by atoms with Gasteiger partial charge in [0, 0.05) is 38.7 Å². The maximum Gasteiger partial charge on any atom is 0.222 e. The van der Waals surface area contributed by atoms with Crippen LogP contribution < -0.4 is 15.4 Å². The number of nitrogens with zero attached hydrogens (tertiary/aromatic N) is 2. The van der Waals surface area contributed by atoms with Gasteiger partial charge in [-0.25, -0.2) is 8.78 Å². The van der Waals surface area contributed by atoms with Crippen LogP contribution in [0, 0.1) is 11.6 Å². The predicted octanol–water partition coefficient (Wildman–Crippen LogP) is 2.14. The largest absolute Gasteiger partial charge is 0.492 e. The van der Waals surface area contributed by atoms with Crippen LogP contribution >= 0.6 is 24.0 Å². The van der Waals surface area contributed by atoms with Gasteiger partial charge in [-0.1, -0.05) is 6.92 Å². The third-order valence-corrected chi connectivity index (χ3v) is 3.96. The summed E-state index contributed by atoms with van der Waals surface area (Å²) in [5, 5.41) is 6.36. The number of guanidine groups is 1. The topological polar surface area (TPSA) is 66.0 Å². The Balaban J connectivity index is 0.00000338. The molecular formula is C17H25F2IN4O2. The summed E-state index contributed by atoms with van der Waals surface area (Å²) >= 11 is 0. The van der Waals surface area contributed by atoms with Crippen molar-refractivity contribution >= 4 is 35.8 Å². The van der Waals surface area contributed by atoms with Crippen molar-refractivity contribution in [1.82, 2.24) is 15.5 Å². The fraction of sp³-hybridized carbons (Fsp3) is 0.529. The number of ether oxygens (including phenoxy) is 1. The summed E-state index contributed by atoms with van der Waals surface area (Å²) in [6.07, 6.45) is 1.39. The first-order valence-corrected chi connectivity index (χ1v) is 8.36. The average molecular weight is 482 g/mol. The number of benzene rings is 1. The molecule has 1 amide bonds. The van der Waals surface area contributed by atoms with Crippen molar-refractivity contribution in [3.05, 3.63) is 29.8 Å². The number of aliphatic imine (C=N–C) groups is 1. The first kappa shape index (κ1) is 22.4. The Labute approximate surface area is 169 Å². The van der Waals surface area contributed by atoms with Crippen molar-refractivity contribution in [3.63, 3.8) is 0 Å². The Kier molecular flexibility index (Phi) is 9.60. The number of rotatable bonds is 6. The summed E-state index contributed by atoms with van der Waals surface area (Å²) in [6.45, 7) is 4.00. The van der Waals surface area contributed by atoms with Crippen LogP contribution in [0.3, 0.4) is 0 Å². The highest BCUT2D eigenvalue weighted by molar-refractivity contribution is 14.0. The third kappa shape index (κ3) is 6.58. The molecule has 2 rings (SSSR count). The fourth-order valence-electron chi connectivity index (χ4n) is 2.62. The van der Waals surface area contributed by atoms with Crippen LogP contribution in [0.5, 0.6) is 5.75 Å². The lowest BCUT2D eigenvalue weighted by atomic mass is 10.3. The van der Waals surface area contributed by atoms with Crippen LogP contribution in [0.25, 0.3) is 0 Å². The highest BCUT2D eigenvalue weighted by atomic mass is 127. The molecule has 1 aliphatic rings. The molecule has 1 aromatic rings. The van der Waals surface area contributed by atoms with E-state index in [0.29, 0.717) is 25.5 Å². The SMILES string of the molecule is CCC(=O)N1CCC(NC(=NC)NCCOc2ccc(F)c(F)c2)C1.I. The molecule has 0 aliphatic carbocycles. The molecule has 1 saturated heterocycles. The lowest BCUT2D eigenvalue weighted by Crippen LogP contribution is -2.46. The van der Waals surface area contributed by atoms with Crippen LogP contribution in [0.4, 0.5) is 8.78 Å². The van der Waals surface area contributed by atoms with E-state index in [9.17, 15) is 13.6 Å². The van der Waals surface area contributed by atoms with Gasteiger partial charge in [-0.15, -0.1) is 24.0 Å². The van der Waals surface area contributed by atoms with E-state index >= 15 is 0 Å². The second kappa shape index (κ2) is 11.1. The number of amides is 1. The summed E-state index contributed by atoms with van der Waals surface area (Å²) in [5.41, 5.74) is 0. The number of carbonyl (C=O) groups excluding carboxylic acids is 1. The molecule has 1 fully saturated rings. The van der Waals surface area contributed by atoms with Crippen molar-refractivity contribution in [2.24, 2.45) is 4.99 Å². The van der Waals surface area contributed by atoms with E-state index < -0.39 is 11.6 Å². The second-order valence-electron chi connectivity index (χ2n) is 5.75. The van der Waals surface area contributed by atoms with Crippen LogP contribution in [0.1, 0.15) is 19.8 Å². The molecule has 26 heavy (non-hydrogen) atoms. The van der Waals surface area contributed by atoms with E-state index in [4.69, 9.17) is 4.74 Å². The molecule has 1 aromatic carbocycles. The van der Waals surface area contributed by atoms with Gasteiger partial charge in [-0.2, -0.15) is 0 Å². The first-order chi connectivity index (χ1) is 12.0. The molecular weight excluding hydrogens is 457 g/mol. The minimum Gasteiger partial charge on any atom is -0.492 e. The average Bonchev–Trinajstić information content (AvgIpc) is 3.08. The molecule has 0 saturated carbocycles. The molecule has 1 unspecified atom stereocenters. The Morgan fingerprint density at radius 3 is 2.81 bits per heavy atom. The number of nitrogens with one attached hydrogen (secondary N) is 2. The van der Waals surface area contributed by atoms with Crippen molar-refractivity contribution < 1.29 is 18.3 Å². The van der Waals surface area contributed by atoms with Gasteiger partial charge in [0.25, 0.3) is 0 Å². The van der Waals surface area contributed by atoms with Gasteiger partial charge in [-0.05, 0) is 18.6 Å². The minimum absolute atomic E-state index is 0. The van der Waals surface area contributed by atoms with Gasteiger partial charge in [0.15, 0.2) is 17.6 Å². The third-order valence-electron chi connectivity index (χ3n) is 3.96. The number of carbonyl (C=O) groups is 1. The zero-order chi connectivity index (χ0) is 18.2. The Morgan fingerprint density at radius 2 is 2.15 bits per heavy atom. The predicted molar refractivity (Wildman–Crippen MR) is 107 cm³/mol. The molecule has 1 aliphatic heterocycles. The quantitative estimate of drug-likeness (QED) is 0.282. The van der Waals surface area contributed by atoms with Gasteiger partial charge >= 0.3 is 0 Å². The summed E-state index contributed by atoms with van der Waals surface area (Å²) in [6, 6.07) is 3.58. The molecule has 146 valence electrons. The van der Waals surface area contributed by atoms with Gasteiger partial charge in [0.1, 0.15) is 12.4 Å². The smallest absolute Gasteiger partial charge is 0.222 e. The molecule has 0 spiro atoms. The van der Waals surface area contributed by atoms with Gasteiger partial charge in [0.2, 0.25) is 5.91 Å². The summed E-state index contributed by atoms with van der Waals surface area (Å²) in [7, 11) is 1.66. The highest BCUT2D eigenvalue weighted by Gasteiger charge is 2.25. The normalized spacial score (nSPS) is 16.8. The standard InChI is InChI=1S/C17H24F2N4O2.HI/c1-3-16(24)23-8-6-12(11-23)22-17(20-2)21-7-9-25-13-4-5-14(18)15(19)10-13;/h4-5,10,12H,3,6-9,11H2,1-2H3,(H2,20,21,22);1H. The van der Waals surface area contributed by atoms with Crippen LogP contribution in [-0.2, 0) is 4.79 Å². The van der Waals surface area contributed by atoms with Crippen LogP contribution in [-0.4, -0.2) is 56.1 Å². The van der Waals surface area contributed by atoms with E-state index in [1.165, 1.54) is 6.07 Å². The molecule has 9 heteroatoms. The van der Waals surface area contributed by atoms with E-state index in [0.717, 1.165) is 25.1 Å². The van der Waals surface area contributed by atoms with Gasteiger partial charge in [-0.3, -0.25) is 9.79 Å². The minimum atomic E-state index is -0.935. The Morgan fingerprint density at radius 1 is 1.38 bits per heavy atom. The van der Waals surface area contributed by atoms with Crippen molar-refractivity contribution in [2.45, 2.75) is 25.8 Å². The zero-order valence-electron chi connectivity index (χ0n) is 14.9. The Bertz CT molecular complexity index is 631. The number of likely N-dealkylation sites (tertiary alicyclic amines) is 1. The van der Waals surface area contributed by atoms with E-state index in [1.807, 2.05) is 11.8 Å². The number of halogens is 3. The molecule has 2 N–H and O–H groups in total. The molecule has 6 nitrogen and oxygen atoms in total. The number of hydrogen-bond acceptors (Lipinski definition) is 3. The fourth-order valence-corrected chi connectivity index (χ4v) is 2.62. The van der Waals surface area contributed by atoms with Crippen molar-refractivity contribution in [3.8, 4) is 5.75 Å². The molecule has 1 atom stereocenters. The molecule has 0 radical (unpaired) electrons. The van der Waals surface area contributed by atoms with Crippen LogP contribution in [0.2, 0.25) is 0 Å². The highest BCUT2D eigenvalue weighted by Crippen LogP contribution is 2.15. The summed E-state index contributed by atoms with van der Waals surface area (Å²) < 4.78 is 31.3. The van der Waals surface area contributed by atoms with E-state index in [2.05, 4.69) is 15.6 Å². The Hall–Kier alpha value is -1.65. The van der Waals surface area contributed by atoms with E-state index in [1.54, 1.807) is 7.05 Å². The second-order valence-corrected chi connectivity index (χ2v) is 5.75. The summed E-state index contributed by atoms with van der Waals surface area (Å²) in [5.74, 6) is -0.789. The monoisotopic (exact) mass is 482 g/mol. The molecule has 0 bridgehead atoms. The number of hydrogen-bond donors (Lipinski definition) is 2. The van der Waals surface area contributed by atoms with Crippen molar-refractivity contribution in [2.75, 3.05) is 33.3 Å². The lowest BCUT2D eigenvalue weighted by Gasteiger charge is -2.18. The van der Waals surface area contributed by atoms with Gasteiger partial charge < -0.3 is 20.3 Å². The summed E-state index contributed by atoms with van der Waals surface area (Å²) in [4.78, 5) is 17.7. The lowest BCUT2D eigenvalue weighted by molar-refractivity contribution is -0.129. The van der Waals surface area contributed by atoms with E-state index in [-0.39, 0.29) is 48.3 Å². The molecule has 0 aromatic heterocycles. The maximum atomic E-state index is 13.1. The van der Waals surface area contributed by atoms with Gasteiger partial charge in [0.05, 0.1) is 6.54 Å². The maximum absolute atomic E-state index is 13.1.